The van der Waals surface area contributed by atoms with Gasteiger partial charge < -0.3 is 15.5 Å². The van der Waals surface area contributed by atoms with E-state index >= 15 is 0 Å². The fraction of sp³-hybridized carbons (Fsp3) is 0.250. The number of rotatable bonds is 5. The number of amides is 1. The lowest BCUT2D eigenvalue weighted by atomic mass is 10.0. The van der Waals surface area contributed by atoms with E-state index in [0.717, 1.165) is 17.1 Å². The molecule has 1 aliphatic rings. The molecule has 3 aromatic rings. The van der Waals surface area contributed by atoms with Crippen molar-refractivity contribution in [3.05, 3.63) is 64.9 Å². The number of benzene rings is 2. The molecule has 2 atom stereocenters. The molecule has 0 bridgehead atoms. The number of aromatic nitrogens is 3. The monoisotopic (exact) mass is 429 g/mol. The minimum absolute atomic E-state index is 0.143. The SMILES string of the molecule is CCOc1ccc([C@H]2Nn3c(C)nnc3S[C@@H]2C(=O)Nc2cccc(Cl)c2)cc1. The topological polar surface area (TPSA) is 81.1 Å². The van der Waals surface area contributed by atoms with Crippen LogP contribution in [0.5, 0.6) is 5.75 Å². The highest BCUT2D eigenvalue weighted by Crippen LogP contribution is 2.38. The molecule has 7 nitrogen and oxygen atoms in total. The first kappa shape index (κ1) is 19.6. The molecule has 0 radical (unpaired) electrons. The molecular formula is C20H20ClN5O2S. The lowest BCUT2D eigenvalue weighted by molar-refractivity contribution is -0.116. The number of ether oxygens (including phenoxy) is 1. The Morgan fingerprint density at radius 3 is 2.79 bits per heavy atom. The van der Waals surface area contributed by atoms with Gasteiger partial charge in [0.05, 0.1) is 12.6 Å². The fourth-order valence-corrected chi connectivity index (χ4v) is 4.44. The second kappa shape index (κ2) is 8.34. The number of halogens is 1. The minimum Gasteiger partial charge on any atom is -0.494 e. The van der Waals surface area contributed by atoms with Crippen LogP contribution in [0.4, 0.5) is 5.69 Å². The van der Waals surface area contributed by atoms with E-state index in [2.05, 4.69) is 20.9 Å². The number of thioether (sulfide) groups is 1. The second-order valence-corrected chi connectivity index (χ2v) is 8.06. The van der Waals surface area contributed by atoms with Crippen LogP contribution < -0.4 is 15.5 Å². The lowest BCUT2D eigenvalue weighted by Gasteiger charge is -2.32. The standard InChI is InChI=1S/C20H20ClN5O2S/c1-3-28-16-9-7-13(8-10-16)17-18(29-20-24-23-12(2)26(20)25-17)19(27)22-15-6-4-5-14(21)11-15/h4-11,17-18,25H,3H2,1-2H3,(H,22,27)/t17-,18+/m1/s1. The van der Waals surface area contributed by atoms with Gasteiger partial charge >= 0.3 is 0 Å². The van der Waals surface area contributed by atoms with Crippen molar-refractivity contribution < 1.29 is 9.53 Å². The number of fused-ring (bicyclic) bond motifs is 1. The number of carbonyl (C=O) groups is 1. The van der Waals surface area contributed by atoms with Crippen LogP contribution in [0.2, 0.25) is 5.02 Å². The summed E-state index contributed by atoms with van der Waals surface area (Å²) in [6.07, 6.45) is 0. The first-order valence-electron chi connectivity index (χ1n) is 9.19. The van der Waals surface area contributed by atoms with Gasteiger partial charge in [0.15, 0.2) is 0 Å². The molecule has 0 fully saturated rings. The van der Waals surface area contributed by atoms with Crippen molar-refractivity contribution in [3.63, 3.8) is 0 Å². The highest BCUT2D eigenvalue weighted by molar-refractivity contribution is 8.00. The highest BCUT2D eigenvalue weighted by Gasteiger charge is 2.37. The van der Waals surface area contributed by atoms with Gasteiger partial charge in [-0.2, -0.15) is 0 Å². The summed E-state index contributed by atoms with van der Waals surface area (Å²) in [5.74, 6) is 1.38. The van der Waals surface area contributed by atoms with Crippen molar-refractivity contribution >= 4 is 35.0 Å². The first-order valence-corrected chi connectivity index (χ1v) is 10.5. The Bertz CT molecular complexity index is 1020. The Labute approximate surface area is 177 Å². The maximum absolute atomic E-state index is 13.2. The van der Waals surface area contributed by atoms with Crippen molar-refractivity contribution in [3.8, 4) is 5.75 Å². The zero-order chi connectivity index (χ0) is 20.4. The predicted octanol–water partition coefficient (Wildman–Crippen LogP) is 4.04. The van der Waals surface area contributed by atoms with Crippen molar-refractivity contribution in [2.24, 2.45) is 0 Å². The summed E-state index contributed by atoms with van der Waals surface area (Å²) in [5, 5.41) is 12.0. The number of aryl methyl sites for hydroxylation is 1. The zero-order valence-electron chi connectivity index (χ0n) is 15.9. The van der Waals surface area contributed by atoms with Crippen LogP contribution in [-0.4, -0.2) is 32.6 Å². The van der Waals surface area contributed by atoms with Crippen LogP contribution in [0.25, 0.3) is 0 Å². The Morgan fingerprint density at radius 1 is 1.28 bits per heavy atom. The maximum atomic E-state index is 13.2. The number of hydrogen-bond donors (Lipinski definition) is 2. The molecule has 29 heavy (non-hydrogen) atoms. The van der Waals surface area contributed by atoms with Crippen LogP contribution in [0.3, 0.4) is 0 Å². The van der Waals surface area contributed by atoms with Gasteiger partial charge in [-0.25, -0.2) is 4.68 Å². The lowest BCUT2D eigenvalue weighted by Crippen LogP contribution is -2.41. The number of anilines is 1. The van der Waals surface area contributed by atoms with Gasteiger partial charge in [0, 0.05) is 10.7 Å². The van der Waals surface area contributed by atoms with E-state index < -0.39 is 5.25 Å². The number of nitrogens with one attached hydrogen (secondary N) is 2. The maximum Gasteiger partial charge on any atom is 0.240 e. The predicted molar refractivity (Wildman–Crippen MR) is 114 cm³/mol. The molecule has 2 aromatic carbocycles. The number of carbonyl (C=O) groups excluding carboxylic acids is 1. The molecule has 0 saturated carbocycles. The van der Waals surface area contributed by atoms with E-state index in [0.29, 0.717) is 22.5 Å². The molecule has 1 aliphatic heterocycles. The third-order valence-corrected chi connectivity index (χ3v) is 5.95. The summed E-state index contributed by atoms with van der Waals surface area (Å²) in [5.41, 5.74) is 5.00. The molecule has 0 unspecified atom stereocenters. The van der Waals surface area contributed by atoms with Crippen LogP contribution >= 0.6 is 23.4 Å². The Morgan fingerprint density at radius 2 is 2.07 bits per heavy atom. The Kier molecular flexibility index (Phi) is 5.64. The molecular weight excluding hydrogens is 410 g/mol. The average Bonchev–Trinajstić information content (AvgIpc) is 3.08. The van der Waals surface area contributed by atoms with E-state index in [-0.39, 0.29) is 11.9 Å². The largest absolute Gasteiger partial charge is 0.494 e. The summed E-state index contributed by atoms with van der Waals surface area (Å²) in [6, 6.07) is 14.6. The zero-order valence-corrected chi connectivity index (χ0v) is 17.5. The van der Waals surface area contributed by atoms with Gasteiger partial charge in [-0.1, -0.05) is 41.6 Å². The number of hydrogen-bond acceptors (Lipinski definition) is 6. The fourth-order valence-electron chi connectivity index (χ4n) is 3.13. The smallest absolute Gasteiger partial charge is 0.240 e. The highest BCUT2D eigenvalue weighted by atomic mass is 35.5. The van der Waals surface area contributed by atoms with Crippen molar-refractivity contribution in [2.75, 3.05) is 17.3 Å². The molecule has 2 heterocycles. The molecule has 150 valence electrons. The summed E-state index contributed by atoms with van der Waals surface area (Å²) in [4.78, 5) is 13.2. The van der Waals surface area contributed by atoms with E-state index in [1.54, 1.807) is 18.2 Å². The van der Waals surface area contributed by atoms with Crippen LogP contribution in [0, 0.1) is 6.92 Å². The summed E-state index contributed by atoms with van der Waals surface area (Å²) >= 11 is 7.42. The van der Waals surface area contributed by atoms with Crippen molar-refractivity contribution in [1.29, 1.82) is 0 Å². The van der Waals surface area contributed by atoms with Crippen molar-refractivity contribution in [1.82, 2.24) is 14.9 Å². The molecule has 1 aromatic heterocycles. The number of nitrogens with zero attached hydrogens (tertiary/aromatic N) is 3. The average molecular weight is 430 g/mol. The quantitative estimate of drug-likeness (QED) is 0.637. The molecule has 0 spiro atoms. The summed E-state index contributed by atoms with van der Waals surface area (Å²) in [6.45, 7) is 4.41. The van der Waals surface area contributed by atoms with Crippen molar-refractivity contribution in [2.45, 2.75) is 30.3 Å². The van der Waals surface area contributed by atoms with Crippen LogP contribution in [-0.2, 0) is 4.79 Å². The molecule has 2 N–H and O–H groups in total. The summed E-state index contributed by atoms with van der Waals surface area (Å²) in [7, 11) is 0. The third kappa shape index (κ3) is 4.18. The molecule has 0 saturated heterocycles. The molecule has 1 amide bonds. The third-order valence-electron chi connectivity index (χ3n) is 4.50. The minimum atomic E-state index is -0.456. The Balaban J connectivity index is 1.64. The molecule has 0 aliphatic carbocycles. The van der Waals surface area contributed by atoms with Gasteiger partial charge in [-0.15, -0.1) is 10.2 Å². The van der Waals surface area contributed by atoms with Crippen LogP contribution in [0.15, 0.2) is 53.7 Å². The van der Waals surface area contributed by atoms with Gasteiger partial charge in [-0.3, -0.25) is 4.79 Å². The van der Waals surface area contributed by atoms with E-state index in [1.807, 2.05) is 48.9 Å². The van der Waals surface area contributed by atoms with Crippen LogP contribution in [0.1, 0.15) is 24.4 Å². The van der Waals surface area contributed by atoms with Gasteiger partial charge in [0.1, 0.15) is 16.8 Å². The van der Waals surface area contributed by atoms with Gasteiger partial charge in [-0.05, 0) is 49.7 Å². The van der Waals surface area contributed by atoms with E-state index in [4.69, 9.17) is 16.3 Å². The first-order chi connectivity index (χ1) is 14.0. The molecule has 9 heteroatoms. The second-order valence-electron chi connectivity index (χ2n) is 6.51. The summed E-state index contributed by atoms with van der Waals surface area (Å²) < 4.78 is 7.35. The van der Waals surface area contributed by atoms with Gasteiger partial charge in [0.25, 0.3) is 0 Å². The van der Waals surface area contributed by atoms with E-state index in [1.165, 1.54) is 11.8 Å². The normalized spacial score (nSPS) is 17.9. The van der Waals surface area contributed by atoms with E-state index in [9.17, 15) is 4.79 Å². The molecule has 4 rings (SSSR count). The Hall–Kier alpha value is -2.71. The van der Waals surface area contributed by atoms with Gasteiger partial charge in [0.2, 0.25) is 11.1 Å².